The average Bonchev–Trinajstić information content (AvgIpc) is 3.30. The minimum Gasteiger partial charge on any atom is -0.481 e. The van der Waals surface area contributed by atoms with Crippen molar-refractivity contribution in [1.29, 1.82) is 0 Å². The zero-order chi connectivity index (χ0) is 25.7. The Bertz CT molecular complexity index is 839. The number of hydrogen-bond donors (Lipinski definition) is 8. The van der Waals surface area contributed by atoms with Gasteiger partial charge < -0.3 is 36.9 Å². The number of hydrogen-bond acceptors (Lipinski definition) is 9. The molecule has 0 saturated carbocycles. The molecule has 190 valence electrons. The van der Waals surface area contributed by atoms with Crippen molar-refractivity contribution >= 4 is 54.1 Å². The summed E-state index contributed by atoms with van der Waals surface area (Å²) in [6.07, 6.45) is 4.38. The summed E-state index contributed by atoms with van der Waals surface area (Å²) in [7, 11) is 0. The number of nitrogens with two attached hydrogens (primary N) is 1. The van der Waals surface area contributed by atoms with Crippen LogP contribution < -0.4 is 21.7 Å². The third-order valence-corrected chi connectivity index (χ3v) is 5.67. The van der Waals surface area contributed by atoms with Gasteiger partial charge in [0, 0.05) is 30.5 Å². The van der Waals surface area contributed by atoms with E-state index in [-0.39, 0.29) is 31.4 Å². The number of carbonyl (C=O) groups excluding carboxylic acids is 3. The van der Waals surface area contributed by atoms with Crippen LogP contribution in [-0.2, 0) is 30.4 Å². The summed E-state index contributed by atoms with van der Waals surface area (Å²) in [6.45, 7) is 0. The monoisotopic (exact) mass is 518 g/mol. The van der Waals surface area contributed by atoms with Crippen molar-refractivity contribution in [1.82, 2.24) is 25.9 Å². The number of H-pyrrole nitrogens is 1. The Kier molecular flexibility index (Phi) is 13.1. The summed E-state index contributed by atoms with van der Waals surface area (Å²) in [4.78, 5) is 66.6. The van der Waals surface area contributed by atoms with Crippen LogP contribution in [0.4, 0.5) is 0 Å². The van der Waals surface area contributed by atoms with Gasteiger partial charge in [-0.3, -0.25) is 19.2 Å². The summed E-state index contributed by atoms with van der Waals surface area (Å²) >= 11 is 5.49. The molecule has 0 aliphatic rings. The Balaban J connectivity index is 2.82. The molecule has 0 saturated heterocycles. The van der Waals surface area contributed by atoms with E-state index in [2.05, 4.69) is 38.5 Å². The van der Waals surface area contributed by atoms with Crippen LogP contribution in [0.25, 0.3) is 0 Å². The van der Waals surface area contributed by atoms with Crippen molar-refractivity contribution in [3.63, 3.8) is 0 Å². The lowest BCUT2D eigenvalue weighted by Gasteiger charge is -2.24. The lowest BCUT2D eigenvalue weighted by Crippen LogP contribution is -2.58. The molecular weight excluding hydrogens is 488 g/mol. The minimum absolute atomic E-state index is 0.0339. The van der Waals surface area contributed by atoms with Gasteiger partial charge in [0.15, 0.2) is 0 Å². The molecule has 0 bridgehead atoms. The zero-order valence-electron chi connectivity index (χ0n) is 18.5. The van der Waals surface area contributed by atoms with Gasteiger partial charge >= 0.3 is 11.9 Å². The highest BCUT2D eigenvalue weighted by Crippen LogP contribution is 2.05. The number of thioether (sulfide) groups is 1. The number of aromatic amines is 1. The predicted molar refractivity (Wildman–Crippen MR) is 127 cm³/mol. The number of imidazole rings is 1. The lowest BCUT2D eigenvalue weighted by molar-refractivity contribution is -0.142. The molecule has 0 aromatic carbocycles. The maximum absolute atomic E-state index is 12.8. The quantitative estimate of drug-likeness (QED) is 0.117. The number of carbonyl (C=O) groups is 5. The van der Waals surface area contributed by atoms with Crippen LogP contribution in [0.15, 0.2) is 12.5 Å². The molecule has 4 unspecified atom stereocenters. The molecule has 0 aliphatic heterocycles. The Morgan fingerprint density at radius 2 is 1.68 bits per heavy atom. The van der Waals surface area contributed by atoms with E-state index in [9.17, 15) is 29.1 Å². The van der Waals surface area contributed by atoms with Gasteiger partial charge in [0.2, 0.25) is 17.7 Å². The van der Waals surface area contributed by atoms with Crippen LogP contribution in [0.2, 0.25) is 0 Å². The Morgan fingerprint density at radius 3 is 2.21 bits per heavy atom. The molecule has 1 aromatic rings. The second-order valence-corrected chi connectivity index (χ2v) is 8.66. The van der Waals surface area contributed by atoms with E-state index in [4.69, 9.17) is 10.8 Å². The van der Waals surface area contributed by atoms with E-state index in [0.717, 1.165) is 0 Å². The normalized spacial score (nSPS) is 14.3. The van der Waals surface area contributed by atoms with Gasteiger partial charge in [-0.25, -0.2) is 9.78 Å². The standard InChI is InChI=1S/C19H30N6O7S2/c1-34-5-4-12(17(29)24-13(19(31)32)6-10-7-21-9-22-10)23-18(30)14(8-33)25-16(28)11(20)2-3-15(26)27/h7,9,11-14,33H,2-6,8,20H2,1H3,(H,21,22)(H,23,30)(H,24,29)(H,25,28)(H,26,27)(H,31,32). The SMILES string of the molecule is CSCCC(NC(=O)C(CS)NC(=O)C(N)CCC(=O)O)C(=O)NC(Cc1cnc[nH]1)C(=O)O. The smallest absolute Gasteiger partial charge is 0.326 e. The molecule has 34 heavy (non-hydrogen) atoms. The van der Waals surface area contributed by atoms with Crippen LogP contribution >= 0.6 is 24.4 Å². The van der Waals surface area contributed by atoms with Gasteiger partial charge in [-0.2, -0.15) is 24.4 Å². The van der Waals surface area contributed by atoms with E-state index >= 15 is 0 Å². The first-order valence-electron chi connectivity index (χ1n) is 10.3. The largest absolute Gasteiger partial charge is 0.481 e. The summed E-state index contributed by atoms with van der Waals surface area (Å²) in [5.74, 6) is -4.12. The van der Waals surface area contributed by atoms with Gasteiger partial charge in [0.1, 0.15) is 18.1 Å². The van der Waals surface area contributed by atoms with Gasteiger partial charge in [-0.15, -0.1) is 0 Å². The molecule has 0 fully saturated rings. The fraction of sp³-hybridized carbons (Fsp3) is 0.579. The number of carboxylic acid groups (broad SMARTS) is 2. The van der Waals surface area contributed by atoms with E-state index in [1.807, 2.05) is 6.26 Å². The van der Waals surface area contributed by atoms with Crippen molar-refractivity contribution in [3.8, 4) is 0 Å². The molecular formula is C19H30N6O7S2. The van der Waals surface area contributed by atoms with E-state index in [1.165, 1.54) is 24.3 Å². The Labute approximate surface area is 205 Å². The van der Waals surface area contributed by atoms with Gasteiger partial charge in [-0.05, 0) is 24.9 Å². The van der Waals surface area contributed by atoms with Crippen molar-refractivity contribution in [2.24, 2.45) is 5.73 Å². The molecule has 0 spiro atoms. The number of nitrogens with one attached hydrogen (secondary N) is 4. The fourth-order valence-corrected chi connectivity index (χ4v) is 3.48. The highest BCUT2D eigenvalue weighted by atomic mass is 32.2. The third-order valence-electron chi connectivity index (χ3n) is 4.66. The van der Waals surface area contributed by atoms with Crippen molar-refractivity contribution in [2.45, 2.75) is 49.9 Å². The molecule has 4 atom stereocenters. The molecule has 13 nitrogen and oxygen atoms in total. The third kappa shape index (κ3) is 10.4. The second-order valence-electron chi connectivity index (χ2n) is 7.31. The summed E-state index contributed by atoms with van der Waals surface area (Å²) in [5.41, 5.74) is 6.17. The summed E-state index contributed by atoms with van der Waals surface area (Å²) in [5, 5.41) is 25.5. The molecule has 1 heterocycles. The van der Waals surface area contributed by atoms with Crippen LogP contribution in [0.5, 0.6) is 0 Å². The molecule has 1 rings (SSSR count). The number of rotatable bonds is 16. The highest BCUT2D eigenvalue weighted by molar-refractivity contribution is 7.98. The van der Waals surface area contributed by atoms with Gasteiger partial charge in [-0.1, -0.05) is 0 Å². The number of thiol groups is 1. The maximum atomic E-state index is 12.8. The first-order valence-corrected chi connectivity index (χ1v) is 12.3. The molecule has 15 heteroatoms. The Hall–Kier alpha value is -2.78. The van der Waals surface area contributed by atoms with Crippen LogP contribution in [0, 0.1) is 0 Å². The number of aromatic nitrogens is 2. The predicted octanol–water partition coefficient (Wildman–Crippen LogP) is -1.63. The number of amides is 3. The molecule has 0 aliphatic carbocycles. The van der Waals surface area contributed by atoms with E-state index in [1.54, 1.807) is 0 Å². The molecule has 1 aromatic heterocycles. The van der Waals surface area contributed by atoms with Crippen molar-refractivity contribution in [3.05, 3.63) is 18.2 Å². The fourth-order valence-electron chi connectivity index (χ4n) is 2.75. The van der Waals surface area contributed by atoms with Crippen molar-refractivity contribution < 1.29 is 34.2 Å². The van der Waals surface area contributed by atoms with Crippen LogP contribution in [0.3, 0.4) is 0 Å². The topological polar surface area (TPSA) is 217 Å². The summed E-state index contributed by atoms with van der Waals surface area (Å²) in [6, 6.07) is -4.60. The van der Waals surface area contributed by atoms with Crippen LogP contribution in [-0.4, -0.2) is 91.8 Å². The number of carboxylic acids is 2. The zero-order valence-corrected chi connectivity index (χ0v) is 20.2. The number of nitrogens with zero attached hydrogens (tertiary/aromatic N) is 1. The average molecular weight is 519 g/mol. The van der Waals surface area contributed by atoms with Gasteiger partial charge in [0.05, 0.1) is 12.4 Å². The summed E-state index contributed by atoms with van der Waals surface area (Å²) < 4.78 is 0. The first kappa shape index (κ1) is 29.3. The molecule has 0 radical (unpaired) electrons. The first-order chi connectivity index (χ1) is 16.1. The Morgan fingerprint density at radius 1 is 1.06 bits per heavy atom. The molecule has 8 N–H and O–H groups in total. The van der Waals surface area contributed by atoms with E-state index in [0.29, 0.717) is 11.4 Å². The minimum atomic E-state index is -1.26. The van der Waals surface area contributed by atoms with Crippen molar-refractivity contribution in [2.75, 3.05) is 17.8 Å². The molecule has 3 amide bonds. The number of aliphatic carboxylic acids is 2. The van der Waals surface area contributed by atoms with Gasteiger partial charge in [0.25, 0.3) is 0 Å². The maximum Gasteiger partial charge on any atom is 0.326 e. The van der Waals surface area contributed by atoms with Crippen LogP contribution in [0.1, 0.15) is 25.0 Å². The lowest BCUT2D eigenvalue weighted by atomic mass is 10.1. The second kappa shape index (κ2) is 15.2. The highest BCUT2D eigenvalue weighted by Gasteiger charge is 2.30. The van der Waals surface area contributed by atoms with E-state index < -0.39 is 53.8 Å².